The summed E-state index contributed by atoms with van der Waals surface area (Å²) in [6, 6.07) is 9.07. The van der Waals surface area contributed by atoms with Gasteiger partial charge in [-0.25, -0.2) is 13.9 Å². The van der Waals surface area contributed by atoms with Crippen molar-refractivity contribution in [3.63, 3.8) is 0 Å². The number of halogens is 3. The molecule has 1 N–H and O–H groups in total. The van der Waals surface area contributed by atoms with Crippen LogP contribution < -0.4 is 9.79 Å². The fourth-order valence-corrected chi connectivity index (χ4v) is 3.89. The van der Waals surface area contributed by atoms with Crippen molar-refractivity contribution in [2.24, 2.45) is 0 Å². The first-order valence-corrected chi connectivity index (χ1v) is 9.88. The van der Waals surface area contributed by atoms with Gasteiger partial charge in [0.2, 0.25) is 0 Å². The molecule has 0 bridgehead atoms. The SMILES string of the molecule is C=CCN(c1cccc(C(F)(F)F)c1)S(=O)(=O)c1cccc(C(=O)NOCC)c1. The van der Waals surface area contributed by atoms with Crippen molar-refractivity contribution in [1.29, 1.82) is 0 Å². The third-order valence-corrected chi connectivity index (χ3v) is 5.54. The van der Waals surface area contributed by atoms with Gasteiger partial charge in [0.25, 0.3) is 15.9 Å². The van der Waals surface area contributed by atoms with E-state index in [4.69, 9.17) is 4.84 Å². The fraction of sp³-hybridized carbons (Fsp3) is 0.211. The molecule has 0 saturated heterocycles. The molecule has 2 aromatic rings. The average Bonchev–Trinajstić information content (AvgIpc) is 2.69. The van der Waals surface area contributed by atoms with Gasteiger partial charge >= 0.3 is 6.18 Å². The predicted octanol–water partition coefficient (Wildman–Crippen LogP) is 3.77. The number of carbonyl (C=O) groups is 1. The Morgan fingerprint density at radius 1 is 1.21 bits per heavy atom. The van der Waals surface area contributed by atoms with Gasteiger partial charge in [-0.3, -0.25) is 13.9 Å². The molecule has 0 unspecified atom stereocenters. The Morgan fingerprint density at radius 2 is 1.90 bits per heavy atom. The van der Waals surface area contributed by atoms with Gasteiger partial charge < -0.3 is 0 Å². The third-order valence-electron chi connectivity index (χ3n) is 3.75. The first-order chi connectivity index (χ1) is 13.6. The highest BCUT2D eigenvalue weighted by Gasteiger charge is 2.32. The van der Waals surface area contributed by atoms with Crippen LogP contribution in [0.25, 0.3) is 0 Å². The maximum Gasteiger partial charge on any atom is 0.416 e. The first-order valence-electron chi connectivity index (χ1n) is 8.44. The normalized spacial score (nSPS) is 11.7. The Morgan fingerprint density at radius 3 is 2.52 bits per heavy atom. The second kappa shape index (κ2) is 9.10. The number of rotatable bonds is 8. The monoisotopic (exact) mass is 428 g/mol. The number of nitrogens with one attached hydrogen (secondary N) is 1. The number of hydroxylamine groups is 1. The van der Waals surface area contributed by atoms with E-state index in [0.29, 0.717) is 0 Å². The fourth-order valence-electron chi connectivity index (χ4n) is 2.42. The van der Waals surface area contributed by atoms with Gasteiger partial charge in [-0.1, -0.05) is 18.2 Å². The number of alkyl halides is 3. The minimum absolute atomic E-state index is 0.0159. The standard InChI is InChI=1S/C19H19F3N2O4S/c1-3-11-24(16-9-6-8-15(13-16)19(20,21)22)29(26,27)17-10-5-7-14(12-17)18(25)23-28-4-2/h3,5-10,12-13H,1,4,11H2,2H3,(H,23,25). The Hall–Kier alpha value is -2.85. The van der Waals surface area contributed by atoms with E-state index in [1.54, 1.807) is 6.92 Å². The highest BCUT2D eigenvalue weighted by Crippen LogP contribution is 2.33. The Labute approximate surface area is 166 Å². The topological polar surface area (TPSA) is 75.7 Å². The molecule has 0 heterocycles. The highest BCUT2D eigenvalue weighted by molar-refractivity contribution is 7.92. The van der Waals surface area contributed by atoms with E-state index >= 15 is 0 Å². The number of hydrogen-bond acceptors (Lipinski definition) is 4. The zero-order valence-corrected chi connectivity index (χ0v) is 16.3. The Balaban J connectivity index is 2.48. The highest BCUT2D eigenvalue weighted by atomic mass is 32.2. The van der Waals surface area contributed by atoms with E-state index < -0.39 is 27.7 Å². The lowest BCUT2D eigenvalue weighted by Gasteiger charge is -2.24. The van der Waals surface area contributed by atoms with Crippen LogP contribution in [-0.4, -0.2) is 27.5 Å². The van der Waals surface area contributed by atoms with Crippen LogP contribution in [0, 0.1) is 0 Å². The van der Waals surface area contributed by atoms with Gasteiger partial charge in [0.05, 0.1) is 29.3 Å². The number of benzene rings is 2. The van der Waals surface area contributed by atoms with Crippen molar-refractivity contribution in [2.75, 3.05) is 17.5 Å². The van der Waals surface area contributed by atoms with E-state index in [2.05, 4.69) is 12.1 Å². The lowest BCUT2D eigenvalue weighted by atomic mass is 10.2. The maximum atomic E-state index is 13.1. The number of nitrogens with zero attached hydrogens (tertiary/aromatic N) is 1. The van der Waals surface area contributed by atoms with Crippen molar-refractivity contribution in [2.45, 2.75) is 18.0 Å². The smallest absolute Gasteiger partial charge is 0.274 e. The summed E-state index contributed by atoms with van der Waals surface area (Å²) in [7, 11) is -4.28. The van der Waals surface area contributed by atoms with E-state index in [-0.39, 0.29) is 29.3 Å². The van der Waals surface area contributed by atoms with E-state index in [1.165, 1.54) is 30.3 Å². The number of carbonyl (C=O) groups excluding carboxylic acids is 1. The van der Waals surface area contributed by atoms with E-state index in [0.717, 1.165) is 28.6 Å². The lowest BCUT2D eigenvalue weighted by Crippen LogP contribution is -2.32. The number of amides is 1. The summed E-state index contributed by atoms with van der Waals surface area (Å²) in [6.07, 6.45) is -3.37. The van der Waals surface area contributed by atoms with Gasteiger partial charge in [0.1, 0.15) is 0 Å². The van der Waals surface area contributed by atoms with Gasteiger partial charge in [0.15, 0.2) is 0 Å². The Bertz CT molecular complexity index is 991. The van der Waals surface area contributed by atoms with Crippen molar-refractivity contribution in [1.82, 2.24) is 5.48 Å². The summed E-state index contributed by atoms with van der Waals surface area (Å²) in [6.45, 7) is 5.08. The molecule has 0 fully saturated rings. The van der Waals surface area contributed by atoms with Gasteiger partial charge in [-0.15, -0.1) is 6.58 Å². The summed E-state index contributed by atoms with van der Waals surface area (Å²) in [5, 5.41) is 0. The van der Waals surface area contributed by atoms with Gasteiger partial charge in [-0.05, 0) is 43.3 Å². The molecule has 0 saturated carbocycles. The maximum absolute atomic E-state index is 13.1. The molecular formula is C19H19F3N2O4S. The molecule has 1 amide bonds. The molecular weight excluding hydrogens is 409 g/mol. The molecule has 6 nitrogen and oxygen atoms in total. The molecule has 156 valence electrons. The molecule has 0 aliphatic rings. The molecule has 2 rings (SSSR count). The molecule has 0 atom stereocenters. The van der Waals surface area contributed by atoms with Crippen LogP contribution in [0.15, 0.2) is 66.1 Å². The van der Waals surface area contributed by atoms with E-state index in [9.17, 15) is 26.4 Å². The molecule has 0 aliphatic carbocycles. The van der Waals surface area contributed by atoms with Crippen molar-refractivity contribution < 1.29 is 31.2 Å². The summed E-state index contributed by atoms with van der Waals surface area (Å²) < 4.78 is 66.1. The molecule has 0 radical (unpaired) electrons. The second-order valence-electron chi connectivity index (χ2n) is 5.76. The van der Waals surface area contributed by atoms with Crippen LogP contribution in [-0.2, 0) is 21.0 Å². The molecule has 0 spiro atoms. The minimum atomic E-state index is -4.63. The number of hydrogen-bond donors (Lipinski definition) is 1. The molecule has 10 heteroatoms. The summed E-state index contributed by atoms with van der Waals surface area (Å²) >= 11 is 0. The van der Waals surface area contributed by atoms with Gasteiger partial charge in [0, 0.05) is 5.56 Å². The van der Waals surface area contributed by atoms with Crippen LogP contribution in [0.1, 0.15) is 22.8 Å². The Kier molecular flexibility index (Phi) is 7.04. The third kappa shape index (κ3) is 5.36. The molecule has 0 aromatic heterocycles. The quantitative estimate of drug-likeness (QED) is 0.513. The predicted molar refractivity (Wildman–Crippen MR) is 102 cm³/mol. The molecule has 2 aromatic carbocycles. The summed E-state index contributed by atoms with van der Waals surface area (Å²) in [5.74, 6) is -0.654. The minimum Gasteiger partial charge on any atom is -0.274 e. The summed E-state index contributed by atoms with van der Waals surface area (Å²) in [4.78, 5) is 16.6. The first kappa shape index (κ1) is 22.4. The number of sulfonamides is 1. The van der Waals surface area contributed by atoms with Crippen LogP contribution in [0.5, 0.6) is 0 Å². The van der Waals surface area contributed by atoms with Crippen molar-refractivity contribution in [3.8, 4) is 0 Å². The lowest BCUT2D eigenvalue weighted by molar-refractivity contribution is -0.137. The molecule has 0 aliphatic heterocycles. The zero-order chi connectivity index (χ0) is 21.7. The van der Waals surface area contributed by atoms with Crippen LogP contribution in [0.3, 0.4) is 0 Å². The van der Waals surface area contributed by atoms with Gasteiger partial charge in [-0.2, -0.15) is 13.2 Å². The van der Waals surface area contributed by atoms with Crippen LogP contribution in [0.2, 0.25) is 0 Å². The van der Waals surface area contributed by atoms with Crippen LogP contribution in [0.4, 0.5) is 18.9 Å². The van der Waals surface area contributed by atoms with Crippen LogP contribution >= 0.6 is 0 Å². The zero-order valence-electron chi connectivity index (χ0n) is 15.4. The largest absolute Gasteiger partial charge is 0.416 e. The van der Waals surface area contributed by atoms with Crippen molar-refractivity contribution in [3.05, 3.63) is 72.3 Å². The van der Waals surface area contributed by atoms with E-state index in [1.807, 2.05) is 0 Å². The summed E-state index contributed by atoms with van der Waals surface area (Å²) in [5.41, 5.74) is 1.01. The van der Waals surface area contributed by atoms with Crippen molar-refractivity contribution >= 4 is 21.6 Å². The number of anilines is 1. The molecule has 29 heavy (non-hydrogen) atoms. The average molecular weight is 428 g/mol. The second-order valence-corrected chi connectivity index (χ2v) is 7.63.